The first kappa shape index (κ1) is 104. The van der Waals surface area contributed by atoms with Gasteiger partial charge in [0, 0.05) is 73.8 Å². The number of phenolic OH excluding ortho intramolecular Hbond substituents is 1. The number of unbranched alkanes of at least 4 members (excludes halogenated alkanes) is 1. The third-order valence-corrected chi connectivity index (χ3v) is 20.0. The van der Waals surface area contributed by atoms with Gasteiger partial charge >= 0.3 is 11.9 Å². The summed E-state index contributed by atoms with van der Waals surface area (Å²) in [5.74, 6) is -18.2. The number of aromatic amines is 1. The average molecular weight is 1770 g/mol. The Morgan fingerprint density at radius 1 is 0.419 bits per heavy atom. The monoisotopic (exact) mass is 1770 g/mol. The second kappa shape index (κ2) is 54.2. The van der Waals surface area contributed by atoms with Crippen LogP contribution in [-0.4, -0.2) is 243 Å². The number of phenols is 1. The van der Waals surface area contributed by atoms with Crippen molar-refractivity contribution in [1.29, 1.82) is 10.8 Å². The van der Waals surface area contributed by atoms with Gasteiger partial charge in [0.1, 0.15) is 78.3 Å². The summed E-state index contributed by atoms with van der Waals surface area (Å²) < 4.78 is 0. The van der Waals surface area contributed by atoms with Crippen LogP contribution < -0.4 is 108 Å². The molecule has 124 heavy (non-hydrogen) atoms. The molecular formula is C80H121N23O19S2. The number of aromatic hydroxyl groups is 1. The van der Waals surface area contributed by atoms with E-state index in [4.69, 9.17) is 39.5 Å². The minimum atomic E-state index is -1.74. The van der Waals surface area contributed by atoms with Gasteiger partial charge in [-0.25, -0.2) is 4.79 Å². The number of carbonyl (C=O) groups is 16. The van der Waals surface area contributed by atoms with Crippen LogP contribution in [0.15, 0.2) is 85.1 Å². The number of fused-ring (bicyclic) bond motifs is 1. The van der Waals surface area contributed by atoms with Crippen LogP contribution in [0.3, 0.4) is 0 Å². The lowest BCUT2D eigenvalue weighted by molar-refractivity contribution is -0.142. The standard InChI is InChI=1S/C80H121N23O19S2/c1-42(2)33-57(98-69(112)52(20-13-31-88-79(84)85)93-64(106)39-91-66(109)44(5)92-68(111)54(21-14-32-89-80(86)87)94-67(110)50(82)40-123)73(116)96-55(26-28-63(83)105)72(115)101-60(37-47-38-90-51-18-10-9-17-49(47)51)76(119)99-58(34-43(3)4)74(117)103-62(41-124)77(120)97-56(27-29-65(107)108)71(114)95-53(19-11-12-30-81)70(113)100-59(35-46-22-24-48(104)25-23-46)75(118)102-61(78(121)122)36-45-15-7-6-8-16-45/h6-10,15-18,22-25,38,42-44,50,52-62,90,104,123-124H,11-14,19-21,26-37,39-41,81-82H2,1-5H3,(H2,83,105)(H,91,109)(H,92,111)(H,93,106)(H,94,110)(H,95,114)(H,96,116)(H,97,120)(H,98,112)(H,99,119)(H,100,113)(H,101,115)(H,102,118)(H,103,117)(H,107,108)(H,121,122)(H4,84,85,88)(H4,86,87,89)/t44-,50-,52-,53-,54-,55-,56-,57-,58-,59-,60-,61-,62-/m0/s1. The topological polar surface area (TPSA) is 708 Å². The number of carboxylic acids is 2. The molecule has 3 aromatic carbocycles. The molecule has 0 bridgehead atoms. The molecule has 4 aromatic rings. The van der Waals surface area contributed by atoms with Gasteiger partial charge in [-0.2, -0.15) is 25.3 Å². The smallest absolute Gasteiger partial charge is 0.326 e. The molecule has 0 aliphatic rings. The fourth-order valence-electron chi connectivity index (χ4n) is 12.7. The Kier molecular flexibility index (Phi) is 45.5. The van der Waals surface area contributed by atoms with Crippen molar-refractivity contribution < 1.29 is 92.0 Å². The van der Waals surface area contributed by atoms with Crippen molar-refractivity contribution in [3.8, 4) is 5.75 Å². The third kappa shape index (κ3) is 38.4. The molecule has 1 aromatic heterocycles. The summed E-state index contributed by atoms with van der Waals surface area (Å²) in [5.41, 5.74) is 30.2. The zero-order chi connectivity index (χ0) is 92.3. The number of primary amides is 1. The summed E-state index contributed by atoms with van der Waals surface area (Å²) in [6, 6.07) is 1.64. The number of benzene rings is 3. The van der Waals surface area contributed by atoms with Gasteiger partial charge in [0.25, 0.3) is 0 Å². The van der Waals surface area contributed by atoms with E-state index in [0.29, 0.717) is 34.0 Å². The SMILES string of the molecule is CC(C)C[C@H](NC(=O)[C@H](CCCNC(=N)N)NC(=O)CNC(=O)[C@H](C)NC(=O)[C@H](CCCNC(=N)N)NC(=O)[C@@H](N)CS)C(=O)N[C@@H](CCC(N)=O)C(=O)N[C@@H](Cc1c[nH]c2ccccc12)C(=O)N[C@@H](CC(C)C)C(=O)N[C@@H](CS)C(=O)N[C@@H](CCC(=O)O)C(=O)N[C@@H](CCCCN)C(=O)N[C@@H](Cc1ccc(O)cc1)C(=O)N[C@@H](Cc1ccccc1)C(=O)O. The molecule has 4 rings (SSSR count). The van der Waals surface area contributed by atoms with E-state index in [-0.39, 0.29) is 120 Å². The van der Waals surface area contributed by atoms with Crippen LogP contribution in [0.2, 0.25) is 0 Å². The molecule has 13 atom stereocenters. The van der Waals surface area contributed by atoms with Crippen molar-refractivity contribution in [3.05, 3.63) is 102 Å². The number of para-hydroxylation sites is 1. The fourth-order valence-corrected chi connectivity index (χ4v) is 13.1. The van der Waals surface area contributed by atoms with Crippen LogP contribution in [0.5, 0.6) is 5.75 Å². The van der Waals surface area contributed by atoms with Crippen LogP contribution in [0.25, 0.3) is 10.9 Å². The van der Waals surface area contributed by atoms with E-state index in [2.05, 4.69) is 110 Å². The summed E-state index contributed by atoms with van der Waals surface area (Å²) >= 11 is 8.37. The second-order valence-electron chi connectivity index (χ2n) is 30.6. The maximum Gasteiger partial charge on any atom is 0.326 e. The Morgan fingerprint density at radius 3 is 1.31 bits per heavy atom. The number of nitrogens with one attached hydrogen (secondary N) is 18. The molecule has 0 fully saturated rings. The number of guanidine groups is 2. The number of hydrogen-bond donors (Lipinski definition) is 28. The number of thiol groups is 2. The summed E-state index contributed by atoms with van der Waals surface area (Å²) in [6.45, 7) is 7.69. The minimum absolute atomic E-state index is 0.0188. The van der Waals surface area contributed by atoms with Crippen LogP contribution in [0.1, 0.15) is 135 Å². The number of carboxylic acid groups (broad SMARTS) is 2. The molecule has 0 aliphatic carbocycles. The molecule has 0 saturated heterocycles. The number of amides is 14. The minimum Gasteiger partial charge on any atom is -0.508 e. The number of carbonyl (C=O) groups excluding carboxylic acids is 14. The summed E-state index contributed by atoms with van der Waals surface area (Å²) in [7, 11) is 0. The van der Waals surface area contributed by atoms with Gasteiger partial charge in [0.05, 0.1) is 12.6 Å². The highest BCUT2D eigenvalue weighted by Gasteiger charge is 2.38. The Morgan fingerprint density at radius 2 is 0.823 bits per heavy atom. The molecule has 0 saturated carbocycles. The van der Waals surface area contributed by atoms with Crippen molar-refractivity contribution in [2.45, 2.75) is 216 Å². The number of nitrogens with two attached hydrogens (primary N) is 5. The van der Waals surface area contributed by atoms with Crippen molar-refractivity contribution in [2.75, 3.05) is 37.7 Å². The first-order chi connectivity index (χ1) is 58.7. The fraction of sp³-hybridized carbons (Fsp3) is 0.525. The lowest BCUT2D eigenvalue weighted by Crippen LogP contribution is -2.61. The van der Waals surface area contributed by atoms with Crippen LogP contribution in [0.4, 0.5) is 0 Å². The number of aromatic nitrogens is 1. The molecule has 0 radical (unpaired) electrons. The summed E-state index contributed by atoms with van der Waals surface area (Å²) in [4.78, 5) is 225. The van der Waals surface area contributed by atoms with Crippen molar-refractivity contribution >= 4 is 143 Å². The molecule has 44 heteroatoms. The molecule has 0 unspecified atom stereocenters. The highest BCUT2D eigenvalue weighted by molar-refractivity contribution is 7.80. The summed E-state index contributed by atoms with van der Waals surface area (Å²) in [6.07, 6.45) is -1.09. The summed E-state index contributed by atoms with van der Waals surface area (Å²) in [5, 5.41) is 83.9. The van der Waals surface area contributed by atoms with Crippen LogP contribution >= 0.6 is 25.3 Å². The van der Waals surface area contributed by atoms with E-state index < -0.39 is 217 Å². The van der Waals surface area contributed by atoms with Gasteiger partial charge in [0.15, 0.2) is 11.9 Å². The Bertz CT molecular complexity index is 4300. The Balaban J connectivity index is 1.62. The van der Waals surface area contributed by atoms with Crippen molar-refractivity contribution in [2.24, 2.45) is 40.5 Å². The normalized spacial score (nSPS) is 14.2. The molecule has 1 heterocycles. The van der Waals surface area contributed by atoms with E-state index >= 15 is 4.79 Å². The van der Waals surface area contributed by atoms with Crippen molar-refractivity contribution in [1.82, 2.24) is 84.7 Å². The molecule has 682 valence electrons. The molecular weight excluding hydrogens is 1650 g/mol. The van der Waals surface area contributed by atoms with Gasteiger partial charge in [-0.05, 0) is 131 Å². The lowest BCUT2D eigenvalue weighted by Gasteiger charge is -2.29. The molecule has 14 amide bonds. The average Bonchev–Trinajstić information content (AvgIpc) is 1.69. The molecule has 0 spiro atoms. The Labute approximate surface area is 728 Å². The number of hydrogen-bond acceptors (Lipinski definition) is 23. The van der Waals surface area contributed by atoms with Crippen molar-refractivity contribution in [3.63, 3.8) is 0 Å². The van der Waals surface area contributed by atoms with Gasteiger partial charge in [0.2, 0.25) is 82.7 Å². The van der Waals surface area contributed by atoms with Gasteiger partial charge < -0.3 is 129 Å². The zero-order valence-electron chi connectivity index (χ0n) is 70.0. The number of H-pyrrole nitrogens is 1. The highest BCUT2D eigenvalue weighted by atomic mass is 32.1. The zero-order valence-corrected chi connectivity index (χ0v) is 71.7. The predicted molar refractivity (Wildman–Crippen MR) is 465 cm³/mol. The second-order valence-corrected chi connectivity index (χ2v) is 31.3. The van der Waals surface area contributed by atoms with Gasteiger partial charge in [-0.1, -0.05) is 88.4 Å². The lowest BCUT2D eigenvalue weighted by atomic mass is 9.99. The quantitative estimate of drug-likeness (QED) is 0.00867. The van der Waals surface area contributed by atoms with Gasteiger partial charge in [-0.15, -0.1) is 0 Å². The van der Waals surface area contributed by atoms with E-state index in [0.717, 1.165) is 0 Å². The molecule has 0 aliphatic heterocycles. The van der Waals surface area contributed by atoms with E-state index in [1.165, 1.54) is 31.2 Å². The predicted octanol–water partition coefficient (Wildman–Crippen LogP) is -4.00. The van der Waals surface area contributed by atoms with E-state index in [1.807, 2.05) is 0 Å². The number of aliphatic carboxylic acids is 2. The molecule has 31 N–H and O–H groups in total. The number of rotatable bonds is 57. The molecule has 42 nitrogen and oxygen atoms in total. The Hall–Kier alpha value is -12.3. The van der Waals surface area contributed by atoms with Crippen LogP contribution in [-0.2, 0) is 96.0 Å². The van der Waals surface area contributed by atoms with Crippen LogP contribution in [0, 0.1) is 22.7 Å². The van der Waals surface area contributed by atoms with E-state index in [9.17, 15) is 87.2 Å². The third-order valence-electron chi connectivity index (χ3n) is 19.3. The first-order valence-electron chi connectivity index (χ1n) is 40.6. The van der Waals surface area contributed by atoms with Gasteiger partial charge in [-0.3, -0.25) is 82.7 Å². The maximum atomic E-state index is 15.1. The first-order valence-corrected chi connectivity index (χ1v) is 41.8. The largest absolute Gasteiger partial charge is 0.508 e. The van der Waals surface area contributed by atoms with E-state index in [1.54, 1.807) is 88.5 Å². The maximum absolute atomic E-state index is 15.1. The highest BCUT2D eigenvalue weighted by Crippen LogP contribution is 2.21.